The van der Waals surface area contributed by atoms with Crippen LogP contribution in [0.3, 0.4) is 0 Å². The van der Waals surface area contributed by atoms with E-state index in [-0.39, 0.29) is 35.2 Å². The zero-order valence-electron chi connectivity index (χ0n) is 25.9. The second kappa shape index (κ2) is 13.2. The molecule has 14 heteroatoms. The number of carboxylic acid groups (broad SMARTS) is 1. The van der Waals surface area contributed by atoms with Gasteiger partial charge in [-0.25, -0.2) is 14.0 Å². The van der Waals surface area contributed by atoms with Gasteiger partial charge in [0.05, 0.1) is 5.02 Å². The zero-order chi connectivity index (χ0) is 33.4. The number of alkyl carbamates (subject to hydrolysis) is 1. The molecule has 1 aliphatic carbocycles. The fourth-order valence-corrected chi connectivity index (χ4v) is 7.54. The molecule has 0 bridgehead atoms. The lowest BCUT2D eigenvalue weighted by atomic mass is 10.0. The van der Waals surface area contributed by atoms with Crippen LogP contribution in [0.1, 0.15) is 75.4 Å². The second-order valence-electron chi connectivity index (χ2n) is 13.1. The third-order valence-electron chi connectivity index (χ3n) is 8.48. The van der Waals surface area contributed by atoms with Gasteiger partial charge in [-0.05, 0) is 71.1 Å². The lowest BCUT2D eigenvalue weighted by Gasteiger charge is -2.30. The number of halogens is 2. The zero-order valence-corrected chi connectivity index (χ0v) is 27.4. The van der Waals surface area contributed by atoms with Crippen molar-refractivity contribution >= 4 is 62.8 Å². The van der Waals surface area contributed by atoms with Crippen molar-refractivity contribution in [3.05, 3.63) is 46.1 Å². The van der Waals surface area contributed by atoms with Gasteiger partial charge >= 0.3 is 12.1 Å². The molecule has 4 N–H and O–H groups in total. The third-order valence-corrected chi connectivity index (χ3v) is 10.1. The highest BCUT2D eigenvalue weighted by atomic mass is 35.5. The fraction of sp³-hybridized carbons (Fsp3) is 0.531. The fourth-order valence-electron chi connectivity index (χ4n) is 6.09. The molecule has 1 aromatic carbocycles. The quantitative estimate of drug-likeness (QED) is 0.340. The standard InChI is InChI=1S/C32H38ClFN4O7S/c1-31(2,3)45-30(44)36-21-10-8-6-4-5-7-9-17-15-32(17,29(42)43)37-26(39)22-14-19(16-38(22)28(21)41)35-27(40)25-24(33)20-12-11-18(34)13-23(20)46-25/h7,9,11-13,17,19,21-22H,4-6,8,10,14-16H2,1-3H3,(H,35,40)(H,36,44)(H,37,39)(H,42,43)/t17-,19-,21+,22+,32-/m1/s1. The summed E-state index contributed by atoms with van der Waals surface area (Å²) in [5, 5.41) is 19.0. The van der Waals surface area contributed by atoms with Gasteiger partial charge in [0, 0.05) is 28.6 Å². The second-order valence-corrected chi connectivity index (χ2v) is 14.6. The minimum absolute atomic E-state index is 0.00415. The van der Waals surface area contributed by atoms with E-state index in [0.29, 0.717) is 29.3 Å². The van der Waals surface area contributed by atoms with Crippen molar-refractivity contribution in [2.75, 3.05) is 6.54 Å². The smallest absolute Gasteiger partial charge is 0.408 e. The average molecular weight is 677 g/mol. The minimum Gasteiger partial charge on any atom is -0.479 e. The van der Waals surface area contributed by atoms with Crippen LogP contribution in [0.25, 0.3) is 10.1 Å². The summed E-state index contributed by atoms with van der Waals surface area (Å²) in [4.78, 5) is 67.8. The van der Waals surface area contributed by atoms with Crippen LogP contribution in [0.5, 0.6) is 0 Å². The Labute approximate surface area is 274 Å². The van der Waals surface area contributed by atoms with E-state index >= 15 is 0 Å². The van der Waals surface area contributed by atoms with Crippen LogP contribution in [0.15, 0.2) is 30.4 Å². The normalized spacial score (nSPS) is 27.1. The summed E-state index contributed by atoms with van der Waals surface area (Å²) in [6, 6.07) is 1.18. The molecule has 3 heterocycles. The van der Waals surface area contributed by atoms with Crippen LogP contribution in [-0.2, 0) is 19.1 Å². The van der Waals surface area contributed by atoms with Gasteiger partial charge in [0.25, 0.3) is 5.91 Å². The first-order chi connectivity index (χ1) is 21.7. The highest BCUT2D eigenvalue weighted by Crippen LogP contribution is 2.45. The molecule has 4 amide bonds. The summed E-state index contributed by atoms with van der Waals surface area (Å²) in [7, 11) is 0. The van der Waals surface area contributed by atoms with Crippen molar-refractivity contribution in [1.29, 1.82) is 0 Å². The number of nitrogens with zero attached hydrogens (tertiary/aromatic N) is 1. The Morgan fingerprint density at radius 2 is 1.93 bits per heavy atom. The van der Waals surface area contributed by atoms with Crippen LogP contribution in [0, 0.1) is 11.7 Å². The predicted octanol–water partition coefficient (Wildman–Crippen LogP) is 4.77. The van der Waals surface area contributed by atoms with Crippen LogP contribution < -0.4 is 16.0 Å². The van der Waals surface area contributed by atoms with Crippen molar-refractivity contribution in [2.45, 2.75) is 95.0 Å². The number of amides is 4. The van der Waals surface area contributed by atoms with E-state index < -0.39 is 64.9 Å². The van der Waals surface area contributed by atoms with Gasteiger partial charge in [-0.1, -0.05) is 36.6 Å². The molecule has 5 atom stereocenters. The number of fused-ring (bicyclic) bond motifs is 3. The van der Waals surface area contributed by atoms with Gasteiger partial charge in [0.2, 0.25) is 11.8 Å². The van der Waals surface area contributed by atoms with Crippen LogP contribution in [0.2, 0.25) is 5.02 Å². The number of rotatable bonds is 4. The number of carboxylic acids is 1. The highest BCUT2D eigenvalue weighted by molar-refractivity contribution is 7.21. The molecule has 3 aliphatic rings. The first-order valence-electron chi connectivity index (χ1n) is 15.4. The summed E-state index contributed by atoms with van der Waals surface area (Å²) in [6.07, 6.45) is 6.36. The molecule has 2 fully saturated rings. The Hall–Kier alpha value is -3.71. The van der Waals surface area contributed by atoms with Crippen molar-refractivity contribution in [3.63, 3.8) is 0 Å². The summed E-state index contributed by atoms with van der Waals surface area (Å²) in [5.41, 5.74) is -2.30. The summed E-state index contributed by atoms with van der Waals surface area (Å²) in [5.74, 6) is -3.77. The predicted molar refractivity (Wildman–Crippen MR) is 170 cm³/mol. The molecular formula is C32H38ClFN4O7S. The van der Waals surface area contributed by atoms with Crippen molar-refractivity contribution in [2.24, 2.45) is 5.92 Å². The lowest BCUT2D eigenvalue weighted by Crippen LogP contribution is -2.56. The molecule has 2 aliphatic heterocycles. The van der Waals surface area contributed by atoms with E-state index in [1.807, 2.05) is 12.2 Å². The monoisotopic (exact) mass is 676 g/mol. The molecular weight excluding hydrogens is 639 g/mol. The van der Waals surface area contributed by atoms with Crippen LogP contribution >= 0.6 is 22.9 Å². The Morgan fingerprint density at radius 1 is 1.17 bits per heavy atom. The van der Waals surface area contributed by atoms with Gasteiger partial charge < -0.3 is 30.7 Å². The highest BCUT2D eigenvalue weighted by Gasteiger charge is 2.61. The summed E-state index contributed by atoms with van der Waals surface area (Å²) in [6.45, 7) is 5.04. The van der Waals surface area contributed by atoms with E-state index in [1.54, 1.807) is 20.8 Å². The molecule has 1 saturated carbocycles. The number of nitrogens with one attached hydrogen (secondary N) is 3. The number of aliphatic carboxylic acids is 1. The Bertz CT molecular complexity index is 1590. The van der Waals surface area contributed by atoms with E-state index in [1.165, 1.54) is 23.1 Å². The number of thiophene rings is 1. The third kappa shape index (κ3) is 7.30. The number of benzene rings is 1. The topological polar surface area (TPSA) is 154 Å². The number of hydrogen-bond acceptors (Lipinski definition) is 7. The molecule has 0 unspecified atom stereocenters. The van der Waals surface area contributed by atoms with Crippen molar-refractivity contribution < 1.29 is 38.2 Å². The average Bonchev–Trinajstić information content (AvgIpc) is 3.33. The largest absolute Gasteiger partial charge is 0.479 e. The van der Waals surface area contributed by atoms with Crippen LogP contribution in [0.4, 0.5) is 9.18 Å². The molecule has 0 spiro atoms. The van der Waals surface area contributed by atoms with E-state index in [0.717, 1.165) is 24.2 Å². The molecule has 5 rings (SSSR count). The maximum atomic E-state index is 14.1. The maximum Gasteiger partial charge on any atom is 0.408 e. The molecule has 1 saturated heterocycles. The minimum atomic E-state index is -1.49. The molecule has 46 heavy (non-hydrogen) atoms. The molecule has 0 radical (unpaired) electrons. The Kier molecular flexibility index (Phi) is 9.65. The molecule has 1 aromatic heterocycles. The Balaban J connectivity index is 1.42. The molecule has 248 valence electrons. The Morgan fingerprint density at radius 3 is 2.65 bits per heavy atom. The number of carbonyl (C=O) groups excluding carboxylic acids is 4. The first kappa shape index (κ1) is 33.6. The molecule has 11 nitrogen and oxygen atoms in total. The number of hydrogen-bond donors (Lipinski definition) is 4. The van der Waals surface area contributed by atoms with E-state index in [9.17, 15) is 33.5 Å². The number of ether oxygens (including phenoxy) is 1. The van der Waals surface area contributed by atoms with Crippen molar-refractivity contribution in [3.8, 4) is 0 Å². The lowest BCUT2D eigenvalue weighted by molar-refractivity contribution is -0.145. The maximum absolute atomic E-state index is 14.1. The molecule has 2 aromatic rings. The SMILES string of the molecule is CC(C)(C)OC(=O)N[C@H]1CCCCCC=C[C@@H]2C[C@@]2(C(=O)O)NC(=O)[C@@H]2C[C@@H](NC(=O)c3sc4cc(F)ccc4c3Cl)CN2C1=O. The van der Waals surface area contributed by atoms with Crippen molar-refractivity contribution in [1.82, 2.24) is 20.9 Å². The van der Waals surface area contributed by atoms with Gasteiger partial charge in [0.15, 0.2) is 0 Å². The summed E-state index contributed by atoms with van der Waals surface area (Å²) >= 11 is 7.49. The van der Waals surface area contributed by atoms with Gasteiger partial charge in [-0.2, -0.15) is 0 Å². The number of carbonyl (C=O) groups is 5. The number of allylic oxidation sites excluding steroid dienone is 1. The first-order valence-corrected chi connectivity index (χ1v) is 16.6. The van der Waals surface area contributed by atoms with E-state index in [4.69, 9.17) is 16.3 Å². The van der Waals surface area contributed by atoms with Crippen LogP contribution in [-0.4, -0.2) is 75.6 Å². The van der Waals surface area contributed by atoms with Gasteiger partial charge in [-0.15, -0.1) is 11.3 Å². The van der Waals surface area contributed by atoms with Gasteiger partial charge in [-0.3, -0.25) is 14.4 Å². The van der Waals surface area contributed by atoms with E-state index in [2.05, 4.69) is 16.0 Å². The summed E-state index contributed by atoms with van der Waals surface area (Å²) < 4.78 is 19.7. The van der Waals surface area contributed by atoms with Gasteiger partial charge in [0.1, 0.15) is 33.9 Å².